The lowest BCUT2D eigenvalue weighted by molar-refractivity contribution is -0.121. The van der Waals surface area contributed by atoms with E-state index in [2.05, 4.69) is 5.32 Å². The first-order valence-electron chi connectivity index (χ1n) is 7.42. The summed E-state index contributed by atoms with van der Waals surface area (Å²) >= 11 is 0. The van der Waals surface area contributed by atoms with Crippen LogP contribution in [0, 0.1) is 19.7 Å². The van der Waals surface area contributed by atoms with Crippen LogP contribution < -0.4 is 10.2 Å². The number of aryl methyl sites for hydroxylation is 2. The van der Waals surface area contributed by atoms with Crippen molar-refractivity contribution in [3.05, 3.63) is 59.4 Å². The highest BCUT2D eigenvalue weighted by Crippen LogP contribution is 2.26. The number of carbonyl (C=O) groups is 2. The number of nitrogens with zero attached hydrogens (tertiary/aromatic N) is 1. The first-order chi connectivity index (χ1) is 11.0. The molecule has 1 heterocycles. The average molecular weight is 312 g/mol. The second-order valence-corrected chi connectivity index (χ2v) is 5.75. The number of nitrogens with one attached hydrogen (secondary N) is 1. The number of halogens is 1. The maximum atomic E-state index is 13.2. The van der Waals surface area contributed by atoms with Gasteiger partial charge in [-0.25, -0.2) is 9.29 Å². The summed E-state index contributed by atoms with van der Waals surface area (Å²) < 4.78 is 13.2. The highest BCUT2D eigenvalue weighted by Gasteiger charge is 2.39. The fourth-order valence-corrected chi connectivity index (χ4v) is 2.66. The summed E-state index contributed by atoms with van der Waals surface area (Å²) in [4.78, 5) is 26.0. The summed E-state index contributed by atoms with van der Waals surface area (Å²) in [5.41, 5.74) is 3.18. The van der Waals surface area contributed by atoms with Crippen LogP contribution in [-0.2, 0) is 9.59 Å². The predicted molar refractivity (Wildman–Crippen MR) is 86.8 cm³/mol. The Bertz CT molecular complexity index is 788. The Morgan fingerprint density at radius 1 is 1.09 bits per heavy atom. The molecule has 1 aliphatic heterocycles. The number of imide groups is 1. The maximum Gasteiger partial charge on any atom is 0.256 e. The van der Waals surface area contributed by atoms with Gasteiger partial charge in [-0.3, -0.25) is 9.59 Å². The topological polar surface area (TPSA) is 49.4 Å². The van der Waals surface area contributed by atoms with Crippen molar-refractivity contribution in [2.24, 2.45) is 0 Å². The monoisotopic (exact) mass is 312 g/mol. The molecule has 118 valence electrons. The summed E-state index contributed by atoms with van der Waals surface area (Å²) in [6, 6.07) is 10.7. The zero-order chi connectivity index (χ0) is 16.6. The molecule has 1 saturated heterocycles. The van der Waals surface area contributed by atoms with E-state index in [1.165, 1.54) is 17.0 Å². The number of carbonyl (C=O) groups excluding carboxylic acids is 2. The Morgan fingerprint density at radius 2 is 1.87 bits per heavy atom. The Labute approximate surface area is 133 Å². The van der Waals surface area contributed by atoms with Crippen LogP contribution in [0.25, 0.3) is 0 Å². The van der Waals surface area contributed by atoms with Crippen molar-refractivity contribution in [1.29, 1.82) is 0 Å². The van der Waals surface area contributed by atoms with Crippen molar-refractivity contribution in [2.45, 2.75) is 26.3 Å². The molecule has 5 heteroatoms. The van der Waals surface area contributed by atoms with Gasteiger partial charge >= 0.3 is 0 Å². The molecule has 0 bridgehead atoms. The van der Waals surface area contributed by atoms with Gasteiger partial charge in [-0.1, -0.05) is 12.1 Å². The molecule has 1 aliphatic rings. The molecule has 23 heavy (non-hydrogen) atoms. The Morgan fingerprint density at radius 3 is 2.57 bits per heavy atom. The highest BCUT2D eigenvalue weighted by molar-refractivity contribution is 6.23. The van der Waals surface area contributed by atoms with E-state index < -0.39 is 11.9 Å². The normalized spacial score (nSPS) is 17.7. The molecule has 2 aromatic rings. The van der Waals surface area contributed by atoms with E-state index in [9.17, 15) is 14.0 Å². The van der Waals surface area contributed by atoms with Crippen molar-refractivity contribution in [3.63, 3.8) is 0 Å². The molecule has 0 spiro atoms. The largest absolute Gasteiger partial charge is 0.373 e. The van der Waals surface area contributed by atoms with Crippen LogP contribution >= 0.6 is 0 Å². The standard InChI is InChI=1S/C18H17FN2O2/c1-11-6-7-15(8-12(11)2)21-17(22)10-16(18(21)23)20-14-5-3-4-13(19)9-14/h3-9,16,20H,10H2,1-2H3/t16-/m1/s1. The lowest BCUT2D eigenvalue weighted by Gasteiger charge is -2.17. The van der Waals surface area contributed by atoms with E-state index >= 15 is 0 Å². The first kappa shape index (κ1) is 15.2. The van der Waals surface area contributed by atoms with E-state index in [1.54, 1.807) is 18.2 Å². The van der Waals surface area contributed by atoms with E-state index in [0.717, 1.165) is 11.1 Å². The fourth-order valence-electron chi connectivity index (χ4n) is 2.66. The molecule has 2 aromatic carbocycles. The summed E-state index contributed by atoms with van der Waals surface area (Å²) in [7, 11) is 0. The van der Waals surface area contributed by atoms with Crippen molar-refractivity contribution in [3.8, 4) is 0 Å². The van der Waals surface area contributed by atoms with E-state index in [0.29, 0.717) is 11.4 Å². The molecule has 1 fully saturated rings. The minimum Gasteiger partial charge on any atom is -0.373 e. The van der Waals surface area contributed by atoms with Crippen LogP contribution in [0.2, 0.25) is 0 Å². The van der Waals surface area contributed by atoms with Crippen LogP contribution in [0.3, 0.4) is 0 Å². The van der Waals surface area contributed by atoms with E-state index in [1.807, 2.05) is 26.0 Å². The molecule has 0 aromatic heterocycles. The lowest BCUT2D eigenvalue weighted by Crippen LogP contribution is -2.34. The zero-order valence-corrected chi connectivity index (χ0v) is 13.0. The van der Waals surface area contributed by atoms with Crippen LogP contribution in [0.4, 0.5) is 15.8 Å². The Kier molecular flexibility index (Phi) is 3.86. The molecule has 0 saturated carbocycles. The SMILES string of the molecule is Cc1ccc(N2C(=O)C[C@@H](Nc3cccc(F)c3)C2=O)cc1C. The van der Waals surface area contributed by atoms with Crippen LogP contribution in [0.15, 0.2) is 42.5 Å². The van der Waals surface area contributed by atoms with Gasteiger partial charge in [0.25, 0.3) is 5.91 Å². The molecule has 2 amide bonds. The number of anilines is 2. The third-order valence-corrected chi connectivity index (χ3v) is 4.06. The first-order valence-corrected chi connectivity index (χ1v) is 7.42. The molecule has 0 radical (unpaired) electrons. The quantitative estimate of drug-likeness (QED) is 0.886. The van der Waals surface area contributed by atoms with Gasteiger partial charge in [0.2, 0.25) is 5.91 Å². The van der Waals surface area contributed by atoms with Crippen LogP contribution in [0.5, 0.6) is 0 Å². The molecular formula is C18H17FN2O2. The van der Waals surface area contributed by atoms with E-state index in [4.69, 9.17) is 0 Å². The molecule has 1 atom stereocenters. The van der Waals surface area contributed by atoms with Gasteiger partial charge in [0, 0.05) is 5.69 Å². The van der Waals surface area contributed by atoms with Crippen LogP contribution in [0.1, 0.15) is 17.5 Å². The lowest BCUT2D eigenvalue weighted by atomic mass is 10.1. The summed E-state index contributed by atoms with van der Waals surface area (Å²) in [6.07, 6.45) is 0.0578. The summed E-state index contributed by atoms with van der Waals surface area (Å²) in [6.45, 7) is 3.91. The van der Waals surface area contributed by atoms with Gasteiger partial charge in [0.05, 0.1) is 12.1 Å². The minimum atomic E-state index is -0.675. The minimum absolute atomic E-state index is 0.0578. The number of hydrogen-bond acceptors (Lipinski definition) is 3. The molecule has 0 unspecified atom stereocenters. The molecule has 3 rings (SSSR count). The highest BCUT2D eigenvalue weighted by atomic mass is 19.1. The smallest absolute Gasteiger partial charge is 0.256 e. The Hall–Kier alpha value is -2.69. The number of rotatable bonds is 3. The third-order valence-electron chi connectivity index (χ3n) is 4.06. The molecule has 0 aliphatic carbocycles. The van der Waals surface area contributed by atoms with Crippen molar-refractivity contribution in [2.75, 3.05) is 10.2 Å². The van der Waals surface area contributed by atoms with Gasteiger partial charge < -0.3 is 5.32 Å². The van der Waals surface area contributed by atoms with Gasteiger partial charge in [-0.2, -0.15) is 0 Å². The fraction of sp³-hybridized carbons (Fsp3) is 0.222. The van der Waals surface area contributed by atoms with Crippen molar-refractivity contribution in [1.82, 2.24) is 0 Å². The number of amides is 2. The second-order valence-electron chi connectivity index (χ2n) is 5.75. The summed E-state index contributed by atoms with van der Waals surface area (Å²) in [5, 5.41) is 2.94. The average Bonchev–Trinajstić information content (AvgIpc) is 2.77. The van der Waals surface area contributed by atoms with Crippen molar-refractivity contribution < 1.29 is 14.0 Å². The van der Waals surface area contributed by atoms with Gasteiger partial charge in [0.15, 0.2) is 0 Å². The zero-order valence-electron chi connectivity index (χ0n) is 13.0. The van der Waals surface area contributed by atoms with E-state index in [-0.39, 0.29) is 18.2 Å². The third kappa shape index (κ3) is 2.95. The summed E-state index contributed by atoms with van der Waals surface area (Å²) in [5.74, 6) is -0.965. The molecule has 4 nitrogen and oxygen atoms in total. The van der Waals surface area contributed by atoms with Gasteiger partial charge in [-0.15, -0.1) is 0 Å². The molecule has 1 N–H and O–H groups in total. The maximum absolute atomic E-state index is 13.2. The van der Waals surface area contributed by atoms with Crippen LogP contribution in [-0.4, -0.2) is 17.9 Å². The second kappa shape index (κ2) is 5.83. The van der Waals surface area contributed by atoms with Crippen molar-refractivity contribution >= 4 is 23.2 Å². The number of benzene rings is 2. The Balaban J connectivity index is 1.83. The molecular weight excluding hydrogens is 295 g/mol. The predicted octanol–water partition coefficient (Wildman–Crippen LogP) is 3.19. The number of hydrogen-bond donors (Lipinski definition) is 1. The van der Waals surface area contributed by atoms with Gasteiger partial charge in [-0.05, 0) is 55.3 Å². The van der Waals surface area contributed by atoms with Gasteiger partial charge in [0.1, 0.15) is 11.9 Å².